The van der Waals surface area contributed by atoms with Crippen LogP contribution in [0.2, 0.25) is 0 Å². The van der Waals surface area contributed by atoms with E-state index in [4.69, 9.17) is 0 Å². The first-order chi connectivity index (χ1) is 10.5. The summed E-state index contributed by atoms with van der Waals surface area (Å²) in [5.41, 5.74) is 0.0199. The molecular weight excluding hydrogens is 293 g/mol. The van der Waals surface area contributed by atoms with Crippen molar-refractivity contribution in [2.75, 3.05) is 0 Å². The van der Waals surface area contributed by atoms with Gasteiger partial charge >= 0.3 is 0 Å². The van der Waals surface area contributed by atoms with Gasteiger partial charge in [-0.3, -0.25) is 4.79 Å². The van der Waals surface area contributed by atoms with E-state index in [2.05, 4.69) is 0 Å². The summed E-state index contributed by atoms with van der Waals surface area (Å²) in [7, 11) is 0. The van der Waals surface area contributed by atoms with Gasteiger partial charge in [0, 0.05) is 12.1 Å². The fourth-order valence-corrected chi connectivity index (χ4v) is 2.56. The molecule has 3 nitrogen and oxygen atoms in total. The lowest BCUT2D eigenvalue weighted by Crippen LogP contribution is -2.27. The van der Waals surface area contributed by atoms with Gasteiger partial charge in [0.25, 0.3) is 5.91 Å². The monoisotopic (exact) mass is 302 g/mol. The number of carbonyl (C=O) groups excluding carboxylic acids is 1. The number of benzene rings is 2. The Kier molecular flexibility index (Phi) is 3.33. The van der Waals surface area contributed by atoms with E-state index in [0.29, 0.717) is 6.07 Å². The van der Waals surface area contributed by atoms with Crippen molar-refractivity contribution in [3.05, 3.63) is 70.5 Å². The zero-order valence-corrected chi connectivity index (χ0v) is 11.2. The quantitative estimate of drug-likeness (QED) is 0.799. The van der Waals surface area contributed by atoms with Gasteiger partial charge < -0.3 is 4.90 Å². The number of fused-ring (bicyclic) bond motifs is 1. The van der Waals surface area contributed by atoms with E-state index in [-0.39, 0.29) is 12.1 Å². The van der Waals surface area contributed by atoms with E-state index in [1.807, 2.05) is 6.07 Å². The van der Waals surface area contributed by atoms with Gasteiger partial charge in [-0.15, -0.1) is 0 Å². The third kappa shape index (κ3) is 2.02. The van der Waals surface area contributed by atoms with Crippen LogP contribution in [0, 0.1) is 28.8 Å². The number of hydrogen-bond acceptors (Lipinski definition) is 2. The van der Waals surface area contributed by atoms with Gasteiger partial charge in [0.05, 0.1) is 11.6 Å². The Labute approximate surface area is 124 Å². The van der Waals surface area contributed by atoms with Crippen LogP contribution in [-0.4, -0.2) is 10.8 Å². The molecule has 1 unspecified atom stereocenters. The average molecular weight is 302 g/mol. The molecule has 0 spiro atoms. The van der Waals surface area contributed by atoms with Crippen LogP contribution in [0.3, 0.4) is 0 Å². The Morgan fingerprint density at radius 2 is 1.82 bits per heavy atom. The van der Waals surface area contributed by atoms with Gasteiger partial charge in [-0.2, -0.15) is 5.26 Å². The molecule has 0 aromatic heterocycles. The standard InChI is InChI=1S/C16H9F3N2O/c17-11-6-10-12(7-20)21(8-9-4-2-1-3-5-9)16(22)13(10)15(19)14(11)18/h1-6,12H,8H2. The number of carbonyl (C=O) groups is 1. The molecule has 2 aromatic rings. The molecule has 0 N–H and O–H groups in total. The molecule has 1 aliphatic rings. The second kappa shape index (κ2) is 5.19. The van der Waals surface area contributed by atoms with Crippen LogP contribution in [0.5, 0.6) is 0 Å². The van der Waals surface area contributed by atoms with Gasteiger partial charge in [-0.25, -0.2) is 13.2 Å². The highest BCUT2D eigenvalue weighted by molar-refractivity contribution is 6.00. The molecule has 1 atom stereocenters. The number of hydrogen-bond donors (Lipinski definition) is 0. The summed E-state index contributed by atoms with van der Waals surface area (Å²) in [6.45, 7) is 0.0509. The maximum absolute atomic E-state index is 13.9. The molecule has 0 bridgehead atoms. The molecule has 0 aliphatic carbocycles. The van der Waals surface area contributed by atoms with Crippen LogP contribution < -0.4 is 0 Å². The van der Waals surface area contributed by atoms with Crippen LogP contribution in [0.1, 0.15) is 27.5 Å². The first-order valence-corrected chi connectivity index (χ1v) is 6.46. The van der Waals surface area contributed by atoms with Crippen molar-refractivity contribution in [3.63, 3.8) is 0 Å². The van der Waals surface area contributed by atoms with Gasteiger partial charge in [0.2, 0.25) is 0 Å². The largest absolute Gasteiger partial charge is 0.314 e. The smallest absolute Gasteiger partial charge is 0.258 e. The molecule has 3 rings (SSSR count). The highest BCUT2D eigenvalue weighted by Crippen LogP contribution is 2.37. The molecule has 22 heavy (non-hydrogen) atoms. The molecule has 1 amide bonds. The van der Waals surface area contributed by atoms with Crippen molar-refractivity contribution in [2.45, 2.75) is 12.6 Å². The van der Waals surface area contributed by atoms with Crippen molar-refractivity contribution < 1.29 is 18.0 Å². The van der Waals surface area contributed by atoms with Crippen LogP contribution in [0.15, 0.2) is 36.4 Å². The highest BCUT2D eigenvalue weighted by Gasteiger charge is 2.41. The lowest BCUT2D eigenvalue weighted by Gasteiger charge is -2.20. The van der Waals surface area contributed by atoms with Gasteiger partial charge in [0.1, 0.15) is 6.04 Å². The van der Waals surface area contributed by atoms with Crippen LogP contribution >= 0.6 is 0 Å². The molecular formula is C16H9F3N2O. The Hall–Kier alpha value is -2.81. The molecule has 0 saturated heterocycles. The lowest BCUT2D eigenvalue weighted by molar-refractivity contribution is 0.0740. The number of nitrogens with zero attached hydrogens (tertiary/aromatic N) is 2. The van der Waals surface area contributed by atoms with Crippen LogP contribution in [0.4, 0.5) is 13.2 Å². The molecule has 110 valence electrons. The van der Waals surface area contributed by atoms with Crippen LogP contribution in [-0.2, 0) is 6.54 Å². The molecule has 0 fully saturated rings. The number of rotatable bonds is 2. The van der Waals surface area contributed by atoms with E-state index in [1.54, 1.807) is 30.3 Å². The summed E-state index contributed by atoms with van der Waals surface area (Å²) < 4.78 is 40.6. The highest BCUT2D eigenvalue weighted by atomic mass is 19.2. The summed E-state index contributed by atoms with van der Waals surface area (Å²) in [6, 6.07) is 10.2. The molecule has 1 heterocycles. The third-order valence-electron chi connectivity index (χ3n) is 3.59. The molecule has 2 aromatic carbocycles. The minimum absolute atomic E-state index is 0.0509. The minimum Gasteiger partial charge on any atom is -0.314 e. The zero-order valence-electron chi connectivity index (χ0n) is 11.2. The number of halogens is 3. The minimum atomic E-state index is -1.70. The summed E-state index contributed by atoms with van der Waals surface area (Å²) in [4.78, 5) is 13.4. The second-order valence-corrected chi connectivity index (χ2v) is 4.90. The van der Waals surface area contributed by atoms with Crippen molar-refractivity contribution in [3.8, 4) is 6.07 Å². The normalized spacial score (nSPS) is 16.5. The van der Waals surface area contributed by atoms with Gasteiger partial charge in [0.15, 0.2) is 17.5 Å². The van der Waals surface area contributed by atoms with E-state index >= 15 is 0 Å². The number of amides is 1. The van der Waals surface area contributed by atoms with Gasteiger partial charge in [-0.1, -0.05) is 30.3 Å². The summed E-state index contributed by atoms with van der Waals surface area (Å²) >= 11 is 0. The fraction of sp³-hybridized carbons (Fsp3) is 0.125. The van der Waals surface area contributed by atoms with Gasteiger partial charge in [-0.05, 0) is 11.6 Å². The van der Waals surface area contributed by atoms with Crippen LogP contribution in [0.25, 0.3) is 0 Å². The predicted octanol–water partition coefficient (Wildman–Crippen LogP) is 3.32. The SMILES string of the molecule is N#CC1c2cc(F)c(F)c(F)c2C(=O)N1Cc1ccccc1. The summed E-state index contributed by atoms with van der Waals surface area (Å²) in [5.74, 6) is -5.48. The van der Waals surface area contributed by atoms with Crippen molar-refractivity contribution in [1.29, 1.82) is 5.26 Å². The van der Waals surface area contributed by atoms with E-state index < -0.39 is 35.0 Å². The maximum Gasteiger partial charge on any atom is 0.258 e. The Bertz CT molecular complexity index is 799. The lowest BCUT2D eigenvalue weighted by atomic mass is 10.0. The first-order valence-electron chi connectivity index (χ1n) is 6.46. The maximum atomic E-state index is 13.9. The van der Waals surface area contributed by atoms with Crippen molar-refractivity contribution >= 4 is 5.91 Å². The summed E-state index contributed by atoms with van der Waals surface area (Å²) in [6.07, 6.45) is 0. The summed E-state index contributed by atoms with van der Waals surface area (Å²) in [5, 5.41) is 9.25. The molecule has 1 aliphatic heterocycles. The van der Waals surface area contributed by atoms with E-state index in [0.717, 1.165) is 10.5 Å². The Morgan fingerprint density at radius 1 is 1.14 bits per heavy atom. The molecule has 6 heteroatoms. The van der Waals surface area contributed by atoms with E-state index in [1.165, 1.54) is 0 Å². The first kappa shape index (κ1) is 14.1. The Morgan fingerprint density at radius 3 is 2.45 bits per heavy atom. The van der Waals surface area contributed by atoms with Crippen molar-refractivity contribution in [1.82, 2.24) is 4.90 Å². The molecule has 0 radical (unpaired) electrons. The van der Waals surface area contributed by atoms with E-state index in [9.17, 15) is 23.2 Å². The zero-order chi connectivity index (χ0) is 15.9. The fourth-order valence-electron chi connectivity index (χ4n) is 2.56. The average Bonchev–Trinajstić information content (AvgIpc) is 2.78. The predicted molar refractivity (Wildman–Crippen MR) is 71.0 cm³/mol. The van der Waals surface area contributed by atoms with Crippen molar-refractivity contribution in [2.24, 2.45) is 0 Å². The Balaban J connectivity index is 2.07. The molecule has 0 saturated carbocycles. The number of nitriles is 1. The third-order valence-corrected chi connectivity index (χ3v) is 3.59. The topological polar surface area (TPSA) is 44.1 Å². The second-order valence-electron chi connectivity index (χ2n) is 4.90.